The number of aliphatic hydroxyl groups is 1. The zero-order valence-electron chi connectivity index (χ0n) is 12.2. The third kappa shape index (κ3) is 4.20. The van der Waals surface area contributed by atoms with Crippen LogP contribution in [0.2, 0.25) is 0 Å². The molecule has 4 nitrogen and oxygen atoms in total. The van der Waals surface area contributed by atoms with Crippen molar-refractivity contribution in [2.75, 3.05) is 33.5 Å². The normalized spacial score (nSPS) is 17.8. The average Bonchev–Trinajstić information content (AvgIpc) is 2.50. The highest BCUT2D eigenvalue weighted by Gasteiger charge is 2.19. The molecule has 0 heterocycles. The number of benzene rings is 1. The molecule has 1 aliphatic carbocycles. The van der Waals surface area contributed by atoms with E-state index in [1.165, 1.54) is 24.0 Å². The van der Waals surface area contributed by atoms with Gasteiger partial charge in [0.05, 0.1) is 20.3 Å². The van der Waals surface area contributed by atoms with Crippen LogP contribution in [0.4, 0.5) is 0 Å². The van der Waals surface area contributed by atoms with Crippen molar-refractivity contribution in [3.05, 3.63) is 29.3 Å². The van der Waals surface area contributed by atoms with Gasteiger partial charge in [0.25, 0.3) is 0 Å². The van der Waals surface area contributed by atoms with Crippen LogP contribution in [0.25, 0.3) is 0 Å². The Bertz CT molecular complexity index is 409. The fourth-order valence-corrected chi connectivity index (χ4v) is 2.73. The number of hydrogen-bond acceptors (Lipinski definition) is 4. The first-order valence-electron chi connectivity index (χ1n) is 7.44. The number of nitrogens with one attached hydrogen (secondary N) is 1. The number of methoxy groups -OCH3 is 1. The first-order valence-corrected chi connectivity index (χ1v) is 7.44. The van der Waals surface area contributed by atoms with E-state index in [0.717, 1.165) is 25.1 Å². The zero-order valence-corrected chi connectivity index (χ0v) is 12.2. The molecule has 2 N–H and O–H groups in total. The lowest BCUT2D eigenvalue weighted by Gasteiger charge is -2.27. The maximum absolute atomic E-state index is 8.63. The summed E-state index contributed by atoms with van der Waals surface area (Å²) in [7, 11) is 1.71. The molecule has 0 bridgehead atoms. The molecule has 0 radical (unpaired) electrons. The molecule has 1 atom stereocenters. The molecular weight excluding hydrogens is 254 g/mol. The van der Waals surface area contributed by atoms with Crippen molar-refractivity contribution in [3.63, 3.8) is 0 Å². The van der Waals surface area contributed by atoms with Crippen LogP contribution in [0, 0.1) is 0 Å². The minimum atomic E-state index is 0.100. The lowest BCUT2D eigenvalue weighted by atomic mass is 9.87. The molecule has 0 aromatic heterocycles. The molecule has 1 aromatic carbocycles. The summed E-state index contributed by atoms with van der Waals surface area (Å²) in [5, 5.41) is 12.2. The van der Waals surface area contributed by atoms with Crippen molar-refractivity contribution in [2.24, 2.45) is 0 Å². The van der Waals surface area contributed by atoms with E-state index in [-0.39, 0.29) is 6.61 Å². The molecule has 1 unspecified atom stereocenters. The molecule has 0 saturated carbocycles. The summed E-state index contributed by atoms with van der Waals surface area (Å²) in [6.45, 7) is 2.17. The summed E-state index contributed by atoms with van der Waals surface area (Å²) in [4.78, 5) is 0. The van der Waals surface area contributed by atoms with E-state index in [1.54, 1.807) is 7.11 Å². The Kier molecular flexibility index (Phi) is 6.30. The molecule has 0 amide bonds. The van der Waals surface area contributed by atoms with Gasteiger partial charge in [-0.1, -0.05) is 6.07 Å². The SMILES string of the molecule is COc1ccc2c(c1)C(NCCCOCCO)CCC2. The Morgan fingerprint density at radius 3 is 3.05 bits per heavy atom. The number of aryl methyl sites for hydroxylation is 1. The number of rotatable bonds is 8. The Labute approximate surface area is 121 Å². The van der Waals surface area contributed by atoms with E-state index in [0.29, 0.717) is 19.3 Å². The van der Waals surface area contributed by atoms with Crippen molar-refractivity contribution < 1.29 is 14.6 Å². The van der Waals surface area contributed by atoms with Gasteiger partial charge in [-0.3, -0.25) is 0 Å². The summed E-state index contributed by atoms with van der Waals surface area (Å²) < 4.78 is 10.6. The minimum Gasteiger partial charge on any atom is -0.497 e. The van der Waals surface area contributed by atoms with E-state index in [9.17, 15) is 0 Å². The highest BCUT2D eigenvalue weighted by molar-refractivity contribution is 5.39. The first-order chi connectivity index (χ1) is 9.85. The summed E-state index contributed by atoms with van der Waals surface area (Å²) in [6.07, 6.45) is 4.54. The lowest BCUT2D eigenvalue weighted by molar-refractivity contribution is 0.0903. The molecule has 2 rings (SSSR count). The molecule has 20 heavy (non-hydrogen) atoms. The Morgan fingerprint density at radius 1 is 1.35 bits per heavy atom. The fourth-order valence-electron chi connectivity index (χ4n) is 2.73. The van der Waals surface area contributed by atoms with Crippen molar-refractivity contribution in [2.45, 2.75) is 31.7 Å². The molecule has 1 aliphatic rings. The zero-order chi connectivity index (χ0) is 14.2. The fraction of sp³-hybridized carbons (Fsp3) is 0.625. The van der Waals surface area contributed by atoms with Crippen LogP contribution < -0.4 is 10.1 Å². The highest BCUT2D eigenvalue weighted by Crippen LogP contribution is 2.32. The van der Waals surface area contributed by atoms with Gasteiger partial charge < -0.3 is 19.9 Å². The average molecular weight is 279 g/mol. The molecular formula is C16H25NO3. The van der Waals surface area contributed by atoms with E-state index in [2.05, 4.69) is 17.4 Å². The summed E-state index contributed by atoms with van der Waals surface area (Å²) in [5.74, 6) is 0.934. The summed E-state index contributed by atoms with van der Waals surface area (Å²) in [5.41, 5.74) is 2.82. The van der Waals surface area contributed by atoms with Gasteiger partial charge in [-0.05, 0) is 55.5 Å². The third-order valence-electron chi connectivity index (χ3n) is 3.76. The van der Waals surface area contributed by atoms with Crippen LogP contribution in [0.5, 0.6) is 5.75 Å². The first kappa shape index (κ1) is 15.3. The van der Waals surface area contributed by atoms with E-state index < -0.39 is 0 Å². The molecule has 0 saturated heterocycles. The van der Waals surface area contributed by atoms with E-state index >= 15 is 0 Å². The van der Waals surface area contributed by atoms with Gasteiger partial charge in [-0.2, -0.15) is 0 Å². The largest absolute Gasteiger partial charge is 0.497 e. The Morgan fingerprint density at radius 2 is 2.25 bits per heavy atom. The molecule has 0 aliphatic heterocycles. The van der Waals surface area contributed by atoms with Crippen LogP contribution in [0.3, 0.4) is 0 Å². The summed E-state index contributed by atoms with van der Waals surface area (Å²) >= 11 is 0. The van der Waals surface area contributed by atoms with Gasteiger partial charge in [0.2, 0.25) is 0 Å². The van der Waals surface area contributed by atoms with E-state index in [1.807, 2.05) is 6.07 Å². The second kappa shape index (κ2) is 8.25. The number of fused-ring (bicyclic) bond motifs is 1. The van der Waals surface area contributed by atoms with Crippen LogP contribution in [0.1, 0.15) is 36.4 Å². The predicted molar refractivity (Wildman–Crippen MR) is 79.2 cm³/mol. The maximum Gasteiger partial charge on any atom is 0.119 e. The Hall–Kier alpha value is -1.10. The highest BCUT2D eigenvalue weighted by atomic mass is 16.5. The molecule has 112 valence electrons. The van der Waals surface area contributed by atoms with Gasteiger partial charge in [-0.25, -0.2) is 0 Å². The van der Waals surface area contributed by atoms with Crippen LogP contribution in [0.15, 0.2) is 18.2 Å². The maximum atomic E-state index is 8.63. The van der Waals surface area contributed by atoms with Crippen molar-refractivity contribution in [3.8, 4) is 5.75 Å². The monoisotopic (exact) mass is 279 g/mol. The van der Waals surface area contributed by atoms with Crippen LogP contribution >= 0.6 is 0 Å². The smallest absolute Gasteiger partial charge is 0.119 e. The molecule has 0 spiro atoms. The van der Waals surface area contributed by atoms with Crippen LogP contribution in [-0.4, -0.2) is 38.6 Å². The van der Waals surface area contributed by atoms with Gasteiger partial charge in [-0.15, -0.1) is 0 Å². The summed E-state index contributed by atoms with van der Waals surface area (Å²) in [6, 6.07) is 6.82. The second-order valence-electron chi connectivity index (χ2n) is 5.15. The standard InChI is InChI=1S/C16H25NO3/c1-19-14-7-6-13-4-2-5-16(15(13)12-14)17-8-3-10-20-11-9-18/h6-7,12,16-18H,2-5,8-11H2,1H3. The lowest BCUT2D eigenvalue weighted by Crippen LogP contribution is -2.26. The van der Waals surface area contributed by atoms with Gasteiger partial charge in [0.15, 0.2) is 0 Å². The van der Waals surface area contributed by atoms with Crippen molar-refractivity contribution >= 4 is 0 Å². The van der Waals surface area contributed by atoms with Crippen molar-refractivity contribution in [1.82, 2.24) is 5.32 Å². The topological polar surface area (TPSA) is 50.7 Å². The molecule has 1 aromatic rings. The van der Waals surface area contributed by atoms with Gasteiger partial charge in [0, 0.05) is 12.6 Å². The van der Waals surface area contributed by atoms with Crippen LogP contribution in [-0.2, 0) is 11.2 Å². The number of aliphatic hydroxyl groups excluding tert-OH is 1. The number of hydrogen-bond donors (Lipinski definition) is 2. The third-order valence-corrected chi connectivity index (χ3v) is 3.76. The quantitative estimate of drug-likeness (QED) is 0.715. The Balaban J connectivity index is 1.84. The molecule has 0 fully saturated rings. The van der Waals surface area contributed by atoms with Crippen molar-refractivity contribution in [1.29, 1.82) is 0 Å². The predicted octanol–water partition coefficient (Wildman–Crippen LogP) is 2.06. The second-order valence-corrected chi connectivity index (χ2v) is 5.15. The number of ether oxygens (including phenoxy) is 2. The van der Waals surface area contributed by atoms with Gasteiger partial charge >= 0.3 is 0 Å². The van der Waals surface area contributed by atoms with Gasteiger partial charge in [0.1, 0.15) is 5.75 Å². The minimum absolute atomic E-state index is 0.100. The molecule has 4 heteroatoms. The van der Waals surface area contributed by atoms with E-state index in [4.69, 9.17) is 14.6 Å².